The minimum Gasteiger partial charge on any atom is -0.371 e. The third-order valence-electron chi connectivity index (χ3n) is 4.84. The molecular weight excluding hydrogens is 184 g/mol. The van der Waals surface area contributed by atoms with Crippen LogP contribution in [0.5, 0.6) is 0 Å². The third kappa shape index (κ3) is 1.32. The summed E-state index contributed by atoms with van der Waals surface area (Å²) in [7, 11) is 0. The molecule has 4 aliphatic rings. The van der Waals surface area contributed by atoms with Crippen molar-refractivity contribution in [2.45, 2.75) is 51.6 Å². The summed E-state index contributed by atoms with van der Waals surface area (Å²) in [4.78, 5) is 0. The fraction of sp³-hybridized carbons (Fsp3) is 0.857. The van der Waals surface area contributed by atoms with Gasteiger partial charge in [0.1, 0.15) is 0 Å². The summed E-state index contributed by atoms with van der Waals surface area (Å²) in [5.41, 5.74) is 1.83. The molecule has 4 saturated carbocycles. The number of hydrogen-bond acceptors (Lipinski definition) is 1. The summed E-state index contributed by atoms with van der Waals surface area (Å²) in [6.07, 6.45) is 9.37. The van der Waals surface area contributed by atoms with Gasteiger partial charge in [-0.05, 0) is 69.3 Å². The molecule has 1 nitrogen and oxygen atoms in total. The first-order chi connectivity index (χ1) is 7.27. The lowest BCUT2D eigenvalue weighted by molar-refractivity contribution is -0.117. The summed E-state index contributed by atoms with van der Waals surface area (Å²) in [5, 5.41) is 0. The van der Waals surface area contributed by atoms with Crippen molar-refractivity contribution in [2.75, 3.05) is 6.61 Å². The van der Waals surface area contributed by atoms with Crippen molar-refractivity contribution < 1.29 is 4.74 Å². The average Bonchev–Trinajstić information content (AvgIpc) is 2.16. The normalized spacial score (nSPS) is 50.3. The van der Waals surface area contributed by atoms with E-state index in [1.807, 2.05) is 0 Å². The second-order valence-electron chi connectivity index (χ2n) is 5.72. The summed E-state index contributed by atoms with van der Waals surface area (Å²) in [6, 6.07) is 0. The van der Waals surface area contributed by atoms with E-state index in [-0.39, 0.29) is 5.60 Å². The molecule has 4 atom stereocenters. The van der Waals surface area contributed by atoms with Crippen LogP contribution >= 0.6 is 0 Å². The maximum absolute atomic E-state index is 6.18. The Morgan fingerprint density at radius 1 is 1.27 bits per heavy atom. The second-order valence-corrected chi connectivity index (χ2v) is 5.72. The second kappa shape index (κ2) is 3.35. The monoisotopic (exact) mass is 206 g/mol. The molecule has 4 fully saturated rings. The van der Waals surface area contributed by atoms with E-state index in [4.69, 9.17) is 4.74 Å². The molecule has 15 heavy (non-hydrogen) atoms. The van der Waals surface area contributed by atoms with Crippen LogP contribution in [-0.2, 0) is 4.74 Å². The summed E-state index contributed by atoms with van der Waals surface area (Å²) in [5.74, 6) is 2.81. The van der Waals surface area contributed by atoms with Gasteiger partial charge in [-0.25, -0.2) is 0 Å². The van der Waals surface area contributed by atoms with Crippen molar-refractivity contribution in [3.63, 3.8) is 0 Å². The highest BCUT2D eigenvalue weighted by molar-refractivity contribution is 5.28. The molecule has 0 aromatic heterocycles. The Bertz CT molecular complexity index is 278. The molecule has 0 N–H and O–H groups in total. The van der Waals surface area contributed by atoms with Gasteiger partial charge in [0.15, 0.2) is 0 Å². The zero-order valence-electron chi connectivity index (χ0n) is 9.96. The number of allylic oxidation sites excluding steroid dienone is 1. The zero-order chi connectivity index (χ0) is 10.5. The number of rotatable bonds is 2. The lowest BCUT2D eigenvalue weighted by Crippen LogP contribution is -2.53. The summed E-state index contributed by atoms with van der Waals surface area (Å²) >= 11 is 0. The summed E-state index contributed by atoms with van der Waals surface area (Å²) < 4.78 is 6.18. The van der Waals surface area contributed by atoms with Crippen molar-refractivity contribution in [3.05, 3.63) is 11.6 Å². The molecule has 0 saturated heterocycles. The molecule has 1 heteroatoms. The van der Waals surface area contributed by atoms with E-state index in [9.17, 15) is 0 Å². The van der Waals surface area contributed by atoms with Crippen LogP contribution in [0.4, 0.5) is 0 Å². The molecule has 4 aliphatic carbocycles. The van der Waals surface area contributed by atoms with Gasteiger partial charge in [0.05, 0.1) is 5.60 Å². The van der Waals surface area contributed by atoms with Gasteiger partial charge in [-0.1, -0.05) is 6.08 Å². The van der Waals surface area contributed by atoms with Gasteiger partial charge in [0.25, 0.3) is 0 Å². The fourth-order valence-electron chi connectivity index (χ4n) is 4.75. The molecule has 0 aliphatic heterocycles. The maximum Gasteiger partial charge on any atom is 0.0899 e. The molecule has 0 amide bonds. The van der Waals surface area contributed by atoms with Crippen LogP contribution in [0, 0.1) is 17.8 Å². The van der Waals surface area contributed by atoms with Gasteiger partial charge < -0.3 is 4.74 Å². The standard InChI is InChI=1S/C14H22O/c1-3-13-12-6-10-5-11(7-12)9-14(13,8-10)15-4-2/h3,10-12H,4-9H2,1-2H3/b13-3-/t10-,11+,12?,14?. The predicted octanol–water partition coefficient (Wildman–Crippen LogP) is 3.55. The Hall–Kier alpha value is -0.300. The Morgan fingerprint density at radius 2 is 1.93 bits per heavy atom. The molecule has 4 rings (SSSR count). The van der Waals surface area contributed by atoms with Crippen LogP contribution < -0.4 is 0 Å². The first-order valence-corrected chi connectivity index (χ1v) is 6.58. The van der Waals surface area contributed by atoms with E-state index in [1.165, 1.54) is 32.1 Å². The van der Waals surface area contributed by atoms with Gasteiger partial charge in [-0.15, -0.1) is 0 Å². The zero-order valence-corrected chi connectivity index (χ0v) is 9.96. The Kier molecular flexibility index (Phi) is 2.21. The lowest BCUT2D eigenvalue weighted by Gasteiger charge is -2.58. The SMILES string of the molecule is C/C=C1/C2C[C@@H]3C[C@H](C2)CC1(OCC)C3. The molecule has 0 heterocycles. The number of ether oxygens (including phenoxy) is 1. The molecule has 0 aromatic carbocycles. The molecule has 0 spiro atoms. The van der Waals surface area contributed by atoms with Gasteiger partial charge in [0.2, 0.25) is 0 Å². The molecule has 4 bridgehead atoms. The highest BCUT2D eigenvalue weighted by atomic mass is 16.5. The predicted molar refractivity (Wildman–Crippen MR) is 61.7 cm³/mol. The molecule has 84 valence electrons. The Morgan fingerprint density at radius 3 is 2.47 bits per heavy atom. The van der Waals surface area contributed by atoms with Crippen molar-refractivity contribution in [1.29, 1.82) is 0 Å². The van der Waals surface area contributed by atoms with Crippen molar-refractivity contribution in [1.82, 2.24) is 0 Å². The average molecular weight is 206 g/mol. The molecule has 0 radical (unpaired) electrons. The first kappa shape index (κ1) is 9.89. The highest BCUT2D eigenvalue weighted by Gasteiger charge is 2.54. The van der Waals surface area contributed by atoms with Gasteiger partial charge in [0, 0.05) is 6.61 Å². The molecule has 2 unspecified atom stereocenters. The minimum atomic E-state index is 0.179. The van der Waals surface area contributed by atoms with Gasteiger partial charge in [-0.2, -0.15) is 0 Å². The van der Waals surface area contributed by atoms with Crippen LogP contribution in [0.1, 0.15) is 46.0 Å². The van der Waals surface area contributed by atoms with Gasteiger partial charge in [-0.3, -0.25) is 0 Å². The van der Waals surface area contributed by atoms with Crippen molar-refractivity contribution in [2.24, 2.45) is 17.8 Å². The smallest absolute Gasteiger partial charge is 0.0899 e. The van der Waals surface area contributed by atoms with Crippen molar-refractivity contribution in [3.8, 4) is 0 Å². The Labute approximate surface area is 92.9 Å². The van der Waals surface area contributed by atoms with E-state index in [2.05, 4.69) is 19.9 Å². The van der Waals surface area contributed by atoms with Crippen LogP contribution in [0.3, 0.4) is 0 Å². The molecule has 0 aromatic rings. The highest BCUT2D eigenvalue weighted by Crippen LogP contribution is 2.59. The van der Waals surface area contributed by atoms with Crippen molar-refractivity contribution >= 4 is 0 Å². The van der Waals surface area contributed by atoms with Gasteiger partial charge >= 0.3 is 0 Å². The van der Waals surface area contributed by atoms with E-state index in [0.717, 1.165) is 24.4 Å². The lowest BCUT2D eigenvalue weighted by atomic mass is 9.52. The van der Waals surface area contributed by atoms with Crippen LogP contribution in [0.2, 0.25) is 0 Å². The van der Waals surface area contributed by atoms with E-state index < -0.39 is 0 Å². The van der Waals surface area contributed by atoms with E-state index in [0.29, 0.717) is 0 Å². The van der Waals surface area contributed by atoms with Crippen LogP contribution in [0.15, 0.2) is 11.6 Å². The van der Waals surface area contributed by atoms with E-state index >= 15 is 0 Å². The van der Waals surface area contributed by atoms with E-state index in [1.54, 1.807) is 5.57 Å². The topological polar surface area (TPSA) is 9.23 Å². The first-order valence-electron chi connectivity index (χ1n) is 6.58. The third-order valence-corrected chi connectivity index (χ3v) is 4.84. The fourth-order valence-corrected chi connectivity index (χ4v) is 4.75. The van der Waals surface area contributed by atoms with Crippen LogP contribution in [0.25, 0.3) is 0 Å². The summed E-state index contributed by atoms with van der Waals surface area (Å²) in [6.45, 7) is 5.23. The maximum atomic E-state index is 6.18. The van der Waals surface area contributed by atoms with Crippen LogP contribution in [-0.4, -0.2) is 12.2 Å². The Balaban J connectivity index is 1.97. The largest absolute Gasteiger partial charge is 0.371 e. The molecular formula is C14H22O. The quantitative estimate of drug-likeness (QED) is 0.628. The number of hydrogen-bond donors (Lipinski definition) is 0. The minimum absolute atomic E-state index is 0.179.